The van der Waals surface area contributed by atoms with E-state index >= 15 is 0 Å². The van der Waals surface area contributed by atoms with Gasteiger partial charge >= 0.3 is 0 Å². The first kappa shape index (κ1) is 16.5. The highest BCUT2D eigenvalue weighted by Crippen LogP contribution is 2.24. The summed E-state index contributed by atoms with van der Waals surface area (Å²) in [5.74, 6) is 0.524. The molecule has 0 atom stereocenters. The number of benzene rings is 1. The Labute approximate surface area is 133 Å². The number of fused-ring (bicyclic) bond motifs is 1. The first-order valence-electron chi connectivity index (χ1n) is 6.64. The number of halogens is 3. The molecule has 4 nitrogen and oxygen atoms in total. The number of hydrogen-bond acceptors (Lipinski definition) is 3. The maximum atomic E-state index is 13.5. The van der Waals surface area contributed by atoms with Crippen LogP contribution in [-0.2, 0) is 17.2 Å². The fraction of sp³-hybridized carbons (Fsp3) is 0.500. The molecule has 1 heterocycles. The molecule has 0 saturated carbocycles. The first-order valence-corrected chi connectivity index (χ1v) is 7.55. The van der Waals surface area contributed by atoms with Gasteiger partial charge in [-0.1, -0.05) is 11.6 Å². The lowest BCUT2D eigenvalue weighted by Gasteiger charge is -2.17. The van der Waals surface area contributed by atoms with E-state index in [9.17, 15) is 4.39 Å². The number of rotatable bonds is 7. The largest absolute Gasteiger partial charge is 0.383 e. The van der Waals surface area contributed by atoms with Crippen molar-refractivity contribution in [2.45, 2.75) is 12.4 Å². The van der Waals surface area contributed by atoms with E-state index < -0.39 is 5.82 Å². The molecule has 2 aromatic rings. The van der Waals surface area contributed by atoms with Gasteiger partial charge in [0.25, 0.3) is 0 Å². The molecule has 1 aromatic heterocycles. The Morgan fingerprint density at radius 2 is 2.14 bits per heavy atom. The summed E-state index contributed by atoms with van der Waals surface area (Å²) in [6.07, 6.45) is 0. The maximum absolute atomic E-state index is 13.5. The van der Waals surface area contributed by atoms with Crippen molar-refractivity contribution in [3.8, 4) is 0 Å². The molecule has 1 aromatic carbocycles. The van der Waals surface area contributed by atoms with Crippen molar-refractivity contribution in [1.29, 1.82) is 0 Å². The van der Waals surface area contributed by atoms with Gasteiger partial charge < -0.3 is 14.2 Å². The SMILES string of the molecule is COCCN(C)CCn1c(CCl)nc2cc(F)c(Cl)cc21. The first-order chi connectivity index (χ1) is 10.1. The lowest BCUT2D eigenvalue weighted by molar-refractivity contribution is 0.159. The minimum absolute atomic E-state index is 0.0949. The predicted molar refractivity (Wildman–Crippen MR) is 83.6 cm³/mol. The standard InChI is InChI=1S/C14H18Cl2FN3O/c1-19(5-6-21-2)3-4-20-13-7-10(16)11(17)8-12(13)18-14(20)9-15/h7-8H,3-6,9H2,1-2H3. The molecule has 0 spiro atoms. The number of hydrogen-bond donors (Lipinski definition) is 0. The minimum Gasteiger partial charge on any atom is -0.383 e. The number of methoxy groups -OCH3 is 1. The van der Waals surface area contributed by atoms with E-state index in [4.69, 9.17) is 27.9 Å². The van der Waals surface area contributed by atoms with Gasteiger partial charge in [-0.25, -0.2) is 9.37 Å². The molecular weight excluding hydrogens is 316 g/mol. The number of aromatic nitrogens is 2. The average Bonchev–Trinajstić information content (AvgIpc) is 2.80. The van der Waals surface area contributed by atoms with Gasteiger partial charge in [0.15, 0.2) is 0 Å². The van der Waals surface area contributed by atoms with E-state index in [-0.39, 0.29) is 10.9 Å². The Bertz CT molecular complexity index is 618. The Balaban J connectivity index is 2.23. The second-order valence-electron chi connectivity index (χ2n) is 4.86. The summed E-state index contributed by atoms with van der Waals surface area (Å²) < 4.78 is 20.5. The van der Waals surface area contributed by atoms with E-state index in [1.165, 1.54) is 6.07 Å². The fourth-order valence-corrected chi connectivity index (χ4v) is 2.51. The van der Waals surface area contributed by atoms with Crippen molar-refractivity contribution in [2.75, 3.05) is 33.9 Å². The van der Waals surface area contributed by atoms with Crippen molar-refractivity contribution in [1.82, 2.24) is 14.5 Å². The van der Waals surface area contributed by atoms with Crippen LogP contribution in [0.15, 0.2) is 12.1 Å². The number of alkyl halides is 1. The van der Waals surface area contributed by atoms with Gasteiger partial charge in [0.2, 0.25) is 0 Å². The molecule has 116 valence electrons. The van der Waals surface area contributed by atoms with E-state index in [0.29, 0.717) is 24.5 Å². The number of imidazole rings is 1. The quantitative estimate of drug-likeness (QED) is 0.729. The third kappa shape index (κ3) is 3.86. The van der Waals surface area contributed by atoms with E-state index in [0.717, 1.165) is 18.6 Å². The summed E-state index contributed by atoms with van der Waals surface area (Å²) in [7, 11) is 3.70. The Hall–Kier alpha value is -0.880. The van der Waals surface area contributed by atoms with E-state index in [1.54, 1.807) is 13.2 Å². The Morgan fingerprint density at radius 3 is 2.81 bits per heavy atom. The number of nitrogens with zero attached hydrogens (tertiary/aromatic N) is 3. The zero-order chi connectivity index (χ0) is 15.4. The maximum Gasteiger partial charge on any atom is 0.144 e. The van der Waals surface area contributed by atoms with Crippen LogP contribution in [0.5, 0.6) is 0 Å². The van der Waals surface area contributed by atoms with Gasteiger partial charge in [0.1, 0.15) is 11.6 Å². The average molecular weight is 334 g/mol. The highest BCUT2D eigenvalue weighted by Gasteiger charge is 2.13. The van der Waals surface area contributed by atoms with Gasteiger partial charge in [-0.15, -0.1) is 11.6 Å². The van der Waals surface area contributed by atoms with Crippen LogP contribution in [0.4, 0.5) is 4.39 Å². The molecule has 0 aliphatic carbocycles. The fourth-order valence-electron chi connectivity index (χ4n) is 2.15. The van der Waals surface area contributed by atoms with Gasteiger partial charge in [-0.2, -0.15) is 0 Å². The van der Waals surface area contributed by atoms with Crippen molar-refractivity contribution < 1.29 is 9.13 Å². The third-order valence-electron chi connectivity index (χ3n) is 3.37. The summed E-state index contributed by atoms with van der Waals surface area (Å²) in [4.78, 5) is 6.51. The normalized spacial score (nSPS) is 11.7. The molecule has 0 aliphatic heterocycles. The topological polar surface area (TPSA) is 30.3 Å². The Kier molecular flexibility index (Phi) is 5.81. The molecule has 0 N–H and O–H groups in total. The molecular formula is C14H18Cl2FN3O. The molecule has 0 unspecified atom stereocenters. The smallest absolute Gasteiger partial charge is 0.144 e. The van der Waals surface area contributed by atoms with Crippen LogP contribution in [0.2, 0.25) is 5.02 Å². The summed E-state index contributed by atoms with van der Waals surface area (Å²) in [6.45, 7) is 3.05. The van der Waals surface area contributed by atoms with E-state index in [1.807, 2.05) is 11.6 Å². The summed E-state index contributed by atoms with van der Waals surface area (Å²) in [5, 5.41) is 0.0949. The third-order valence-corrected chi connectivity index (χ3v) is 3.90. The number of ether oxygens (including phenoxy) is 1. The van der Waals surface area contributed by atoms with Gasteiger partial charge in [0, 0.05) is 32.8 Å². The van der Waals surface area contributed by atoms with Gasteiger partial charge in [-0.3, -0.25) is 0 Å². The summed E-state index contributed by atoms with van der Waals surface area (Å²) in [6, 6.07) is 2.95. The Morgan fingerprint density at radius 1 is 1.38 bits per heavy atom. The molecule has 0 radical (unpaired) electrons. The summed E-state index contributed by atoms with van der Waals surface area (Å²) >= 11 is 11.8. The molecule has 0 bridgehead atoms. The highest BCUT2D eigenvalue weighted by atomic mass is 35.5. The van der Waals surface area contributed by atoms with Crippen molar-refractivity contribution in [3.63, 3.8) is 0 Å². The lowest BCUT2D eigenvalue weighted by atomic mass is 10.3. The van der Waals surface area contributed by atoms with Crippen molar-refractivity contribution in [2.24, 2.45) is 0 Å². The highest BCUT2D eigenvalue weighted by molar-refractivity contribution is 6.31. The van der Waals surface area contributed by atoms with Crippen LogP contribution in [0.3, 0.4) is 0 Å². The molecule has 0 aliphatic rings. The van der Waals surface area contributed by atoms with E-state index in [2.05, 4.69) is 9.88 Å². The molecule has 0 fully saturated rings. The minimum atomic E-state index is -0.466. The van der Waals surface area contributed by atoms with Crippen LogP contribution >= 0.6 is 23.2 Å². The zero-order valence-corrected chi connectivity index (χ0v) is 13.6. The molecule has 0 amide bonds. The summed E-state index contributed by atoms with van der Waals surface area (Å²) in [5.41, 5.74) is 1.38. The second kappa shape index (κ2) is 7.40. The predicted octanol–water partition coefficient (Wildman–Crippen LogP) is 3.15. The van der Waals surface area contributed by atoms with Crippen LogP contribution in [-0.4, -0.2) is 48.3 Å². The molecule has 0 saturated heterocycles. The number of likely N-dealkylation sites (N-methyl/N-ethyl adjacent to an activating group) is 1. The molecule has 2 rings (SSSR count). The monoisotopic (exact) mass is 333 g/mol. The molecule has 21 heavy (non-hydrogen) atoms. The van der Waals surface area contributed by atoms with Crippen LogP contribution < -0.4 is 0 Å². The lowest BCUT2D eigenvalue weighted by Crippen LogP contribution is -2.27. The van der Waals surface area contributed by atoms with Crippen LogP contribution in [0, 0.1) is 5.82 Å². The van der Waals surface area contributed by atoms with Crippen molar-refractivity contribution >= 4 is 34.2 Å². The van der Waals surface area contributed by atoms with Gasteiger partial charge in [0.05, 0.1) is 28.5 Å². The molecule has 7 heteroatoms. The van der Waals surface area contributed by atoms with Crippen LogP contribution in [0.25, 0.3) is 11.0 Å². The second-order valence-corrected chi connectivity index (χ2v) is 5.54. The van der Waals surface area contributed by atoms with Crippen LogP contribution in [0.1, 0.15) is 5.82 Å². The van der Waals surface area contributed by atoms with Crippen molar-refractivity contribution in [3.05, 3.63) is 28.8 Å². The van der Waals surface area contributed by atoms with Gasteiger partial charge in [-0.05, 0) is 13.1 Å². The zero-order valence-electron chi connectivity index (χ0n) is 12.1.